The lowest BCUT2D eigenvalue weighted by Crippen LogP contribution is -2.67. The molecule has 0 aromatic rings. The van der Waals surface area contributed by atoms with Crippen LogP contribution in [0, 0.1) is 50.2 Å². The summed E-state index contributed by atoms with van der Waals surface area (Å²) in [4.78, 5) is 29.1. The zero-order valence-corrected chi connectivity index (χ0v) is 44.6. The van der Waals surface area contributed by atoms with Crippen LogP contribution in [0.4, 0.5) is 0 Å². The average molecular weight is 1110 g/mol. The van der Waals surface area contributed by atoms with E-state index < -0.39 is 182 Å². The fraction of sp³-hybridized carbons (Fsp3) is 0.925. The Labute approximate surface area is 446 Å². The minimum atomic E-state index is -2.02. The minimum absolute atomic E-state index is 0.00774. The van der Waals surface area contributed by atoms with Crippen LogP contribution in [-0.2, 0) is 47.5 Å². The lowest BCUT2D eigenvalue weighted by atomic mass is 9.33. The molecule has 1 unspecified atom stereocenters. The average Bonchev–Trinajstić information content (AvgIpc) is 3.58. The van der Waals surface area contributed by atoms with Crippen molar-refractivity contribution in [3.05, 3.63) is 11.6 Å². The molecule has 0 aromatic heterocycles. The number of carbonyl (C=O) groups excluding carboxylic acids is 1. The number of aliphatic carboxylic acids is 1. The van der Waals surface area contributed by atoms with E-state index in [9.17, 15) is 76.3 Å². The van der Waals surface area contributed by atoms with Gasteiger partial charge in [-0.2, -0.15) is 0 Å². The van der Waals surface area contributed by atoms with Gasteiger partial charge in [-0.3, -0.25) is 9.59 Å². The van der Waals surface area contributed by atoms with Crippen molar-refractivity contribution >= 4 is 11.9 Å². The number of aliphatic hydroxyl groups excluding tert-OH is 13. The second-order valence-electron chi connectivity index (χ2n) is 25.6. The van der Waals surface area contributed by atoms with E-state index in [1.54, 1.807) is 6.92 Å². The molecule has 0 aromatic carbocycles. The van der Waals surface area contributed by atoms with Crippen molar-refractivity contribution in [2.45, 2.75) is 229 Å². The molecule has 440 valence electrons. The van der Waals surface area contributed by atoms with Gasteiger partial charge in [0, 0.05) is 0 Å². The number of esters is 1. The van der Waals surface area contributed by atoms with Crippen LogP contribution in [0.2, 0.25) is 0 Å². The number of allylic oxidation sites excluding steroid dienone is 2. The van der Waals surface area contributed by atoms with Gasteiger partial charge in [-0.05, 0) is 111 Å². The first-order chi connectivity index (χ1) is 36.0. The minimum Gasteiger partial charge on any atom is -0.481 e. The third-order valence-electron chi connectivity index (χ3n) is 21.1. The number of carboxylic acids is 1. The van der Waals surface area contributed by atoms with Gasteiger partial charge in [0.1, 0.15) is 91.6 Å². The molecule has 24 nitrogen and oxygen atoms in total. The summed E-state index contributed by atoms with van der Waals surface area (Å²) in [7, 11) is 0. The Morgan fingerprint density at radius 3 is 1.84 bits per heavy atom. The Bertz CT molecular complexity index is 2160. The van der Waals surface area contributed by atoms with Gasteiger partial charge in [0.2, 0.25) is 6.29 Å². The molecule has 0 amide bonds. The predicted octanol–water partition coefficient (Wildman–Crippen LogP) is -2.33. The first-order valence-corrected chi connectivity index (χ1v) is 27.4. The molecular formula is C53H84O24. The molecular weight excluding hydrogens is 1020 g/mol. The molecule has 77 heavy (non-hydrogen) atoms. The number of rotatable bonds is 12. The van der Waals surface area contributed by atoms with Gasteiger partial charge < -0.3 is 109 Å². The summed E-state index contributed by atoms with van der Waals surface area (Å²) in [5.74, 6) is -2.49. The van der Waals surface area contributed by atoms with Crippen molar-refractivity contribution in [3.63, 3.8) is 0 Å². The smallest absolute Gasteiger partial charge is 0.315 e. The molecule has 9 aliphatic rings. The highest BCUT2D eigenvalue weighted by Crippen LogP contribution is 2.76. The second-order valence-corrected chi connectivity index (χ2v) is 25.6. The maximum absolute atomic E-state index is 15.4. The van der Waals surface area contributed by atoms with Crippen molar-refractivity contribution < 1.29 is 119 Å². The highest BCUT2D eigenvalue weighted by molar-refractivity contribution is 5.79. The lowest BCUT2D eigenvalue weighted by molar-refractivity contribution is -0.363. The maximum atomic E-state index is 15.4. The summed E-state index contributed by atoms with van der Waals surface area (Å²) < 4.78 is 47.0. The van der Waals surface area contributed by atoms with Crippen molar-refractivity contribution in [2.75, 3.05) is 26.4 Å². The SMILES string of the molecule is CC1(C)CC[C@]2(C(=O)O[C@@H]3O[C@H](CO[C@@H]4O[C@H](CO)[C@@H](O)[C@H](O)[C@H]4O)[C@@H](O)[C@H](O[C@@H]4O[C@H](CO)[C@@H](O)[C@H](O)[C@H]4O)[C@H]3O)CC[C@]3(C)C(=CC[C@@H]4[C@@]5(C)CC[C@H](O[C@@H]6OC[C@@H](O)[C@H](O)[C@H]6O)[C@@](C)(C(=O)O)C5CC[C@]43C)[C@@H]2C1. The van der Waals surface area contributed by atoms with Gasteiger partial charge in [0.15, 0.2) is 18.9 Å². The number of hydrogen-bond donors (Lipinski definition) is 14. The molecule has 5 aliphatic carbocycles. The number of carboxylic acid groups (broad SMARTS) is 1. The number of carbonyl (C=O) groups is 2. The van der Waals surface area contributed by atoms with E-state index in [1.807, 2.05) is 0 Å². The van der Waals surface area contributed by atoms with Crippen molar-refractivity contribution in [1.29, 1.82) is 0 Å². The van der Waals surface area contributed by atoms with E-state index >= 15 is 4.79 Å². The Hall–Kier alpha value is -2.12. The van der Waals surface area contributed by atoms with Crippen molar-refractivity contribution in [2.24, 2.45) is 50.2 Å². The molecule has 0 radical (unpaired) electrons. The van der Waals surface area contributed by atoms with Crippen LogP contribution < -0.4 is 0 Å². The quantitative estimate of drug-likeness (QED) is 0.0554. The molecule has 4 saturated heterocycles. The second kappa shape index (κ2) is 21.6. The van der Waals surface area contributed by atoms with Gasteiger partial charge in [0.05, 0.1) is 43.4 Å². The fourth-order valence-corrected chi connectivity index (χ4v) is 16.1. The number of fused-ring (bicyclic) bond motifs is 7. The normalized spacial score (nSPS) is 53.6. The zero-order valence-electron chi connectivity index (χ0n) is 44.6. The third-order valence-corrected chi connectivity index (χ3v) is 21.1. The summed E-state index contributed by atoms with van der Waals surface area (Å²) in [5, 5.41) is 149. The molecule has 9 rings (SSSR count). The van der Waals surface area contributed by atoms with Gasteiger partial charge in [-0.15, -0.1) is 0 Å². The highest BCUT2D eigenvalue weighted by Gasteiger charge is 2.72. The van der Waals surface area contributed by atoms with Gasteiger partial charge >= 0.3 is 11.9 Å². The van der Waals surface area contributed by atoms with Crippen molar-refractivity contribution in [3.8, 4) is 0 Å². The third kappa shape index (κ3) is 9.65. The van der Waals surface area contributed by atoms with Crippen molar-refractivity contribution in [1.82, 2.24) is 0 Å². The molecule has 14 N–H and O–H groups in total. The topological polar surface area (TPSA) is 391 Å². The van der Waals surface area contributed by atoms with Crippen LogP contribution in [0.1, 0.15) is 106 Å². The number of aliphatic hydroxyl groups is 13. The lowest BCUT2D eigenvalue weighted by Gasteiger charge is -2.71. The maximum Gasteiger partial charge on any atom is 0.315 e. The van der Waals surface area contributed by atoms with Crippen LogP contribution in [-0.4, -0.2) is 233 Å². The molecule has 4 aliphatic heterocycles. The van der Waals surface area contributed by atoms with Gasteiger partial charge in [0.25, 0.3) is 0 Å². The van der Waals surface area contributed by atoms with Crippen LogP contribution in [0.15, 0.2) is 11.6 Å². The summed E-state index contributed by atoms with van der Waals surface area (Å²) in [6.07, 6.45) is -25.9. The predicted molar refractivity (Wildman–Crippen MR) is 259 cm³/mol. The Kier molecular flexibility index (Phi) is 16.7. The first-order valence-electron chi connectivity index (χ1n) is 27.4. The molecule has 28 atom stereocenters. The Morgan fingerprint density at radius 1 is 0.610 bits per heavy atom. The molecule has 24 heteroatoms. The van der Waals surface area contributed by atoms with Crippen LogP contribution >= 0.6 is 0 Å². The van der Waals surface area contributed by atoms with Gasteiger partial charge in [-0.25, -0.2) is 0 Å². The van der Waals surface area contributed by atoms with E-state index in [2.05, 4.69) is 40.7 Å². The summed E-state index contributed by atoms with van der Waals surface area (Å²) >= 11 is 0. The van der Waals surface area contributed by atoms with E-state index in [4.69, 9.17) is 37.9 Å². The zero-order chi connectivity index (χ0) is 56.3. The molecule has 0 bridgehead atoms. The van der Waals surface area contributed by atoms with E-state index in [1.165, 1.54) is 0 Å². The standard InChI is InChI=1S/C53H84O24/c1-48(2)13-15-53(47(69)77-45-40(66)41(76-44-39(65)36(62)33(59)26(19-55)73-44)34(60)27(74-45)21-71-42-38(64)35(61)32(58)25(18-54)72-42)16-14-50(4)22(23(53)17-48)7-8-28-49(3)11-10-30(75-43-37(63)31(57)24(56)20-70-43)52(6,46(67)68)29(49)9-12-51(28,50)5/h7,23-45,54-66H,8-21H2,1-6H3,(H,67,68)/t23-,24+,25+,26+,27+,28+,29?,30-,31-,32+,33+,34+,35-,36-,37+,38+,39+,40+,41-,42+,43-,44-,45-,49+,50+,51+,52-,53-/m0/s1. The van der Waals surface area contributed by atoms with E-state index in [0.29, 0.717) is 64.2 Å². The largest absolute Gasteiger partial charge is 0.481 e. The van der Waals surface area contributed by atoms with E-state index in [0.717, 1.165) is 5.57 Å². The summed E-state index contributed by atoms with van der Waals surface area (Å²) in [6, 6.07) is 0. The van der Waals surface area contributed by atoms with Crippen LogP contribution in [0.3, 0.4) is 0 Å². The molecule has 4 saturated carbocycles. The fourth-order valence-electron chi connectivity index (χ4n) is 16.1. The number of hydrogen-bond acceptors (Lipinski definition) is 23. The summed E-state index contributed by atoms with van der Waals surface area (Å²) in [6.45, 7) is 10.2. The van der Waals surface area contributed by atoms with E-state index in [-0.39, 0.29) is 29.8 Å². The summed E-state index contributed by atoms with van der Waals surface area (Å²) in [5.41, 5.74) is -3.10. The Morgan fingerprint density at radius 2 is 1.21 bits per heavy atom. The molecule has 0 spiro atoms. The van der Waals surface area contributed by atoms with Crippen LogP contribution in [0.5, 0.6) is 0 Å². The number of ether oxygens (including phenoxy) is 8. The van der Waals surface area contributed by atoms with Crippen LogP contribution in [0.25, 0.3) is 0 Å². The Balaban J connectivity index is 0.992. The van der Waals surface area contributed by atoms with Gasteiger partial charge in [-0.1, -0.05) is 46.3 Å². The molecule has 4 heterocycles. The first kappa shape index (κ1) is 59.5. The monoisotopic (exact) mass is 1100 g/mol. The highest BCUT2D eigenvalue weighted by atomic mass is 16.8. The molecule has 8 fully saturated rings.